The standard InChI is InChI=1S/C25H31N/c1-15-12-17(3)25(18(4)13-15)26-21(7)22-10-8-9-11-23(22)24-14-16(2)19(5)20(24)6/h8-13,21,26H,14H2,1-7H3. The molecule has 0 spiro atoms. The molecule has 0 bridgehead atoms. The van der Waals surface area contributed by atoms with Crippen LogP contribution in [0.1, 0.15) is 68.0 Å². The minimum Gasteiger partial charge on any atom is -0.378 e. The van der Waals surface area contributed by atoms with Crippen LogP contribution in [0.3, 0.4) is 0 Å². The Bertz CT molecular complexity index is 888. The maximum absolute atomic E-state index is 3.79. The number of nitrogens with one attached hydrogen (secondary N) is 1. The summed E-state index contributed by atoms with van der Waals surface area (Å²) in [5, 5.41) is 3.79. The second-order valence-corrected chi connectivity index (χ2v) is 7.91. The van der Waals surface area contributed by atoms with Gasteiger partial charge in [-0.25, -0.2) is 0 Å². The van der Waals surface area contributed by atoms with Crippen molar-refractivity contribution in [2.75, 3.05) is 5.32 Å². The van der Waals surface area contributed by atoms with E-state index in [-0.39, 0.29) is 6.04 Å². The molecule has 0 saturated carbocycles. The monoisotopic (exact) mass is 345 g/mol. The fourth-order valence-corrected chi connectivity index (χ4v) is 4.23. The highest BCUT2D eigenvalue weighted by Crippen LogP contribution is 2.40. The summed E-state index contributed by atoms with van der Waals surface area (Å²) >= 11 is 0. The lowest BCUT2D eigenvalue weighted by Crippen LogP contribution is -2.11. The molecule has 1 atom stereocenters. The van der Waals surface area contributed by atoms with Gasteiger partial charge >= 0.3 is 0 Å². The first-order valence-electron chi connectivity index (χ1n) is 9.59. The third-order valence-electron chi connectivity index (χ3n) is 5.89. The summed E-state index contributed by atoms with van der Waals surface area (Å²) in [5.74, 6) is 0. The van der Waals surface area contributed by atoms with Crippen molar-refractivity contribution in [3.63, 3.8) is 0 Å². The average molecular weight is 346 g/mol. The molecule has 0 aromatic heterocycles. The van der Waals surface area contributed by atoms with E-state index in [0.29, 0.717) is 0 Å². The van der Waals surface area contributed by atoms with Gasteiger partial charge in [0, 0.05) is 11.7 Å². The Balaban J connectivity index is 1.97. The fraction of sp³-hybridized carbons (Fsp3) is 0.360. The lowest BCUT2D eigenvalue weighted by atomic mass is 9.92. The molecule has 1 unspecified atom stereocenters. The third kappa shape index (κ3) is 3.35. The van der Waals surface area contributed by atoms with E-state index in [1.54, 1.807) is 0 Å². The molecule has 0 saturated heterocycles. The van der Waals surface area contributed by atoms with Gasteiger partial charge in [-0.2, -0.15) is 0 Å². The molecule has 1 aliphatic carbocycles. The molecule has 0 aliphatic heterocycles. The molecule has 2 aromatic carbocycles. The number of anilines is 1. The highest BCUT2D eigenvalue weighted by Gasteiger charge is 2.21. The highest BCUT2D eigenvalue weighted by molar-refractivity contribution is 5.80. The molecule has 0 heterocycles. The quantitative estimate of drug-likeness (QED) is 0.613. The van der Waals surface area contributed by atoms with E-state index in [9.17, 15) is 0 Å². The SMILES string of the molecule is CC1=C(C)C(C)=C(c2ccccc2C(C)Nc2c(C)cc(C)cc2C)C1. The van der Waals surface area contributed by atoms with Gasteiger partial charge in [-0.05, 0) is 93.9 Å². The number of rotatable bonds is 4. The van der Waals surface area contributed by atoms with Gasteiger partial charge in [0.05, 0.1) is 0 Å². The van der Waals surface area contributed by atoms with Gasteiger partial charge in [-0.1, -0.05) is 47.5 Å². The molecule has 1 heteroatoms. The van der Waals surface area contributed by atoms with Crippen LogP contribution in [0.25, 0.3) is 5.57 Å². The fourth-order valence-electron chi connectivity index (χ4n) is 4.23. The summed E-state index contributed by atoms with van der Waals surface area (Å²) < 4.78 is 0. The van der Waals surface area contributed by atoms with Crippen molar-refractivity contribution in [2.24, 2.45) is 0 Å². The Labute approximate surface area is 158 Å². The maximum atomic E-state index is 3.79. The molecule has 1 N–H and O–H groups in total. The molecular weight excluding hydrogens is 314 g/mol. The first-order valence-corrected chi connectivity index (χ1v) is 9.59. The van der Waals surface area contributed by atoms with E-state index >= 15 is 0 Å². The first kappa shape index (κ1) is 18.5. The Hall–Kier alpha value is -2.28. The van der Waals surface area contributed by atoms with Gasteiger partial charge in [-0.3, -0.25) is 0 Å². The normalized spacial score (nSPS) is 15.7. The molecule has 1 aliphatic rings. The van der Waals surface area contributed by atoms with Crippen LogP contribution in [0.2, 0.25) is 0 Å². The van der Waals surface area contributed by atoms with Crippen LogP contribution in [0, 0.1) is 20.8 Å². The van der Waals surface area contributed by atoms with Crippen molar-refractivity contribution in [1.82, 2.24) is 0 Å². The lowest BCUT2D eigenvalue weighted by Gasteiger charge is -2.23. The zero-order valence-corrected chi connectivity index (χ0v) is 17.2. The van der Waals surface area contributed by atoms with Crippen LogP contribution in [0.5, 0.6) is 0 Å². The summed E-state index contributed by atoms with van der Waals surface area (Å²) in [5.41, 5.74) is 13.9. The Morgan fingerprint density at radius 2 is 1.46 bits per heavy atom. The van der Waals surface area contributed by atoms with Crippen molar-refractivity contribution in [3.05, 3.63) is 80.9 Å². The molecule has 1 nitrogen and oxygen atoms in total. The van der Waals surface area contributed by atoms with E-state index in [1.165, 1.54) is 55.8 Å². The van der Waals surface area contributed by atoms with E-state index in [4.69, 9.17) is 0 Å². The second-order valence-electron chi connectivity index (χ2n) is 7.91. The molecule has 136 valence electrons. The zero-order valence-electron chi connectivity index (χ0n) is 17.2. The summed E-state index contributed by atoms with van der Waals surface area (Å²) in [4.78, 5) is 0. The highest BCUT2D eigenvalue weighted by atomic mass is 14.9. The first-order chi connectivity index (χ1) is 12.3. The van der Waals surface area contributed by atoms with Gasteiger partial charge in [-0.15, -0.1) is 0 Å². The minimum atomic E-state index is 0.257. The summed E-state index contributed by atoms with van der Waals surface area (Å²) in [6.07, 6.45) is 1.07. The van der Waals surface area contributed by atoms with Crippen molar-refractivity contribution < 1.29 is 0 Å². The van der Waals surface area contributed by atoms with Crippen molar-refractivity contribution in [3.8, 4) is 0 Å². The Morgan fingerprint density at radius 1 is 0.846 bits per heavy atom. The molecule has 0 radical (unpaired) electrons. The third-order valence-corrected chi connectivity index (χ3v) is 5.89. The molecule has 26 heavy (non-hydrogen) atoms. The summed E-state index contributed by atoms with van der Waals surface area (Å²) in [6, 6.07) is 13.7. The largest absolute Gasteiger partial charge is 0.378 e. The van der Waals surface area contributed by atoms with Gasteiger partial charge in [0.25, 0.3) is 0 Å². The number of benzene rings is 2. The lowest BCUT2D eigenvalue weighted by molar-refractivity contribution is 0.874. The molecule has 0 fully saturated rings. The van der Waals surface area contributed by atoms with Gasteiger partial charge < -0.3 is 5.32 Å². The van der Waals surface area contributed by atoms with Crippen LogP contribution < -0.4 is 5.32 Å². The maximum Gasteiger partial charge on any atom is 0.0491 e. The zero-order chi connectivity index (χ0) is 19.0. The average Bonchev–Trinajstić information content (AvgIpc) is 2.85. The van der Waals surface area contributed by atoms with Crippen molar-refractivity contribution in [1.29, 1.82) is 0 Å². The van der Waals surface area contributed by atoms with Gasteiger partial charge in [0.1, 0.15) is 0 Å². The molecule has 3 rings (SSSR count). The van der Waals surface area contributed by atoms with E-state index in [0.717, 1.165) is 6.42 Å². The second kappa shape index (κ2) is 7.15. The van der Waals surface area contributed by atoms with Crippen LogP contribution >= 0.6 is 0 Å². The van der Waals surface area contributed by atoms with Crippen LogP contribution in [0.4, 0.5) is 5.69 Å². The van der Waals surface area contributed by atoms with Gasteiger partial charge in [0.2, 0.25) is 0 Å². The van der Waals surface area contributed by atoms with E-state index in [1.807, 2.05) is 0 Å². The number of hydrogen-bond donors (Lipinski definition) is 1. The van der Waals surface area contributed by atoms with Crippen LogP contribution in [0.15, 0.2) is 53.1 Å². The topological polar surface area (TPSA) is 12.0 Å². The number of allylic oxidation sites excluding steroid dienone is 4. The molecular formula is C25H31N. The van der Waals surface area contributed by atoms with Crippen LogP contribution in [-0.4, -0.2) is 0 Å². The Kier molecular flexibility index (Phi) is 5.09. The van der Waals surface area contributed by atoms with Crippen molar-refractivity contribution in [2.45, 2.75) is 60.9 Å². The number of aryl methyl sites for hydroxylation is 3. The van der Waals surface area contributed by atoms with Crippen molar-refractivity contribution >= 4 is 11.3 Å². The predicted octanol–water partition coefficient (Wildman–Crippen LogP) is 7.30. The summed E-state index contributed by atoms with van der Waals surface area (Å²) in [6.45, 7) is 15.6. The minimum absolute atomic E-state index is 0.257. The smallest absolute Gasteiger partial charge is 0.0491 e. The number of hydrogen-bond acceptors (Lipinski definition) is 1. The Morgan fingerprint density at radius 3 is 2.04 bits per heavy atom. The van der Waals surface area contributed by atoms with E-state index in [2.05, 4.69) is 90.2 Å². The molecule has 0 amide bonds. The van der Waals surface area contributed by atoms with Crippen LogP contribution in [-0.2, 0) is 0 Å². The predicted molar refractivity (Wildman–Crippen MR) is 115 cm³/mol. The molecule has 2 aromatic rings. The van der Waals surface area contributed by atoms with E-state index < -0.39 is 0 Å². The van der Waals surface area contributed by atoms with Gasteiger partial charge in [0.15, 0.2) is 0 Å². The summed E-state index contributed by atoms with van der Waals surface area (Å²) in [7, 11) is 0.